The molecule has 0 radical (unpaired) electrons. The Hall–Kier alpha value is -1.06. The number of hydrogen-bond donors (Lipinski definition) is 2. The number of nitrogens with one attached hydrogen (secondary N) is 1. The first-order chi connectivity index (χ1) is 10.1. The minimum absolute atomic E-state index is 0.360. The predicted molar refractivity (Wildman–Crippen MR) is 84.7 cm³/mol. The molecule has 2 fully saturated rings. The largest absolute Gasteiger partial charge is 0.491 e. The molecular formula is C18H27NO2. The molecule has 0 aromatic heterocycles. The first-order valence-corrected chi connectivity index (χ1v) is 8.25. The van der Waals surface area contributed by atoms with Crippen LogP contribution in [0.1, 0.15) is 36.8 Å². The van der Waals surface area contributed by atoms with Gasteiger partial charge in [0, 0.05) is 12.6 Å². The maximum absolute atomic E-state index is 10.1. The summed E-state index contributed by atoms with van der Waals surface area (Å²) in [6, 6.07) is 6.81. The van der Waals surface area contributed by atoms with Gasteiger partial charge in [0.1, 0.15) is 18.5 Å². The molecule has 0 spiro atoms. The van der Waals surface area contributed by atoms with E-state index in [1.54, 1.807) is 0 Å². The zero-order chi connectivity index (χ0) is 14.8. The Kier molecular flexibility index (Phi) is 4.51. The molecule has 1 atom stereocenters. The topological polar surface area (TPSA) is 41.5 Å². The van der Waals surface area contributed by atoms with Gasteiger partial charge in [0.15, 0.2) is 0 Å². The number of benzene rings is 1. The van der Waals surface area contributed by atoms with Gasteiger partial charge in [-0.25, -0.2) is 0 Å². The maximum Gasteiger partial charge on any atom is 0.122 e. The van der Waals surface area contributed by atoms with E-state index in [2.05, 4.69) is 24.4 Å². The Morgan fingerprint density at radius 1 is 1.19 bits per heavy atom. The van der Waals surface area contributed by atoms with Gasteiger partial charge in [0.2, 0.25) is 0 Å². The SMILES string of the molecule is Cc1ccc(C)c(OCC(O)CNC(C2CC2)C2CC2)c1. The average Bonchev–Trinajstić information content (AvgIpc) is 3.33. The molecule has 21 heavy (non-hydrogen) atoms. The molecule has 2 saturated carbocycles. The molecule has 2 aliphatic rings. The van der Waals surface area contributed by atoms with E-state index in [9.17, 15) is 5.11 Å². The van der Waals surface area contributed by atoms with Crippen molar-refractivity contribution in [2.45, 2.75) is 51.7 Å². The highest BCUT2D eigenvalue weighted by Crippen LogP contribution is 2.44. The Morgan fingerprint density at radius 3 is 2.48 bits per heavy atom. The smallest absolute Gasteiger partial charge is 0.122 e. The van der Waals surface area contributed by atoms with Gasteiger partial charge in [-0.3, -0.25) is 0 Å². The van der Waals surface area contributed by atoms with Crippen LogP contribution in [-0.2, 0) is 0 Å². The van der Waals surface area contributed by atoms with Crippen molar-refractivity contribution in [1.29, 1.82) is 0 Å². The number of aliphatic hydroxyl groups is 1. The lowest BCUT2D eigenvalue weighted by molar-refractivity contribution is 0.101. The summed E-state index contributed by atoms with van der Waals surface area (Å²) in [6.07, 6.45) is 5.02. The van der Waals surface area contributed by atoms with E-state index in [0.29, 0.717) is 19.2 Å². The summed E-state index contributed by atoms with van der Waals surface area (Å²) in [5.74, 6) is 2.62. The molecule has 3 rings (SSSR count). The quantitative estimate of drug-likeness (QED) is 0.773. The highest BCUT2D eigenvalue weighted by Gasteiger charge is 2.41. The highest BCUT2D eigenvalue weighted by molar-refractivity contribution is 5.35. The van der Waals surface area contributed by atoms with Crippen LogP contribution in [0.3, 0.4) is 0 Å². The van der Waals surface area contributed by atoms with Crippen LogP contribution in [0.4, 0.5) is 0 Å². The van der Waals surface area contributed by atoms with Gasteiger partial charge < -0.3 is 15.2 Å². The summed E-state index contributed by atoms with van der Waals surface area (Å²) in [6.45, 7) is 5.09. The van der Waals surface area contributed by atoms with Gasteiger partial charge >= 0.3 is 0 Å². The van der Waals surface area contributed by atoms with Crippen molar-refractivity contribution >= 4 is 0 Å². The van der Waals surface area contributed by atoms with E-state index in [1.165, 1.54) is 31.2 Å². The third kappa shape index (κ3) is 4.21. The first kappa shape index (κ1) is 14.9. The van der Waals surface area contributed by atoms with Crippen molar-refractivity contribution in [3.8, 4) is 5.75 Å². The van der Waals surface area contributed by atoms with Crippen LogP contribution < -0.4 is 10.1 Å². The highest BCUT2D eigenvalue weighted by atomic mass is 16.5. The second-order valence-corrected chi connectivity index (χ2v) is 6.84. The number of rotatable bonds is 8. The van der Waals surface area contributed by atoms with E-state index in [4.69, 9.17) is 4.74 Å². The molecule has 1 unspecified atom stereocenters. The van der Waals surface area contributed by atoms with Gasteiger partial charge in [0.25, 0.3) is 0 Å². The lowest BCUT2D eigenvalue weighted by Gasteiger charge is -2.20. The van der Waals surface area contributed by atoms with Crippen molar-refractivity contribution < 1.29 is 9.84 Å². The molecule has 2 aliphatic carbocycles. The summed E-state index contributed by atoms with van der Waals surface area (Å²) in [5.41, 5.74) is 2.31. The third-order valence-electron chi connectivity index (χ3n) is 4.62. The Bertz CT molecular complexity index is 468. The number of ether oxygens (including phenoxy) is 1. The van der Waals surface area contributed by atoms with Gasteiger partial charge in [-0.2, -0.15) is 0 Å². The second-order valence-electron chi connectivity index (χ2n) is 6.84. The van der Waals surface area contributed by atoms with Crippen LogP contribution in [-0.4, -0.2) is 30.4 Å². The van der Waals surface area contributed by atoms with Crippen LogP contribution in [0.25, 0.3) is 0 Å². The van der Waals surface area contributed by atoms with Crippen molar-refractivity contribution in [1.82, 2.24) is 5.32 Å². The van der Waals surface area contributed by atoms with E-state index >= 15 is 0 Å². The maximum atomic E-state index is 10.1. The fraction of sp³-hybridized carbons (Fsp3) is 0.667. The Morgan fingerprint density at radius 2 is 1.86 bits per heavy atom. The zero-order valence-electron chi connectivity index (χ0n) is 13.1. The monoisotopic (exact) mass is 289 g/mol. The summed E-state index contributed by atoms with van der Waals surface area (Å²) in [7, 11) is 0. The van der Waals surface area contributed by atoms with E-state index in [1.807, 2.05) is 13.0 Å². The van der Waals surface area contributed by atoms with Crippen LogP contribution in [0, 0.1) is 25.7 Å². The molecule has 3 nitrogen and oxygen atoms in total. The lowest BCUT2D eigenvalue weighted by Crippen LogP contribution is -2.40. The molecule has 2 N–H and O–H groups in total. The molecule has 1 aromatic rings. The van der Waals surface area contributed by atoms with E-state index in [0.717, 1.165) is 23.1 Å². The molecule has 116 valence electrons. The molecule has 0 bridgehead atoms. The molecular weight excluding hydrogens is 262 g/mol. The second kappa shape index (κ2) is 6.37. The Labute approximate surface area is 127 Å². The summed E-state index contributed by atoms with van der Waals surface area (Å²) in [4.78, 5) is 0. The normalized spacial score (nSPS) is 19.8. The number of hydrogen-bond acceptors (Lipinski definition) is 3. The number of aliphatic hydroxyl groups excluding tert-OH is 1. The Balaban J connectivity index is 1.43. The van der Waals surface area contributed by atoms with Gasteiger partial charge in [-0.05, 0) is 68.6 Å². The minimum atomic E-state index is -0.440. The van der Waals surface area contributed by atoms with Crippen LogP contribution in [0.2, 0.25) is 0 Å². The average molecular weight is 289 g/mol. The van der Waals surface area contributed by atoms with E-state index in [-0.39, 0.29) is 0 Å². The first-order valence-electron chi connectivity index (χ1n) is 8.25. The summed E-state index contributed by atoms with van der Waals surface area (Å²) < 4.78 is 5.77. The van der Waals surface area contributed by atoms with E-state index < -0.39 is 6.10 Å². The summed E-state index contributed by atoms with van der Waals surface area (Å²) >= 11 is 0. The molecule has 3 heteroatoms. The van der Waals surface area contributed by atoms with Crippen molar-refractivity contribution in [2.75, 3.05) is 13.2 Å². The number of aryl methyl sites for hydroxylation is 2. The molecule has 0 saturated heterocycles. The van der Waals surface area contributed by atoms with Gasteiger partial charge in [-0.1, -0.05) is 12.1 Å². The summed E-state index contributed by atoms with van der Waals surface area (Å²) in [5, 5.41) is 13.7. The standard InChI is InChI=1S/C18H27NO2/c1-12-3-4-13(2)17(9-12)21-11-16(20)10-19-18(14-5-6-14)15-7-8-15/h3-4,9,14-16,18-20H,5-8,10-11H2,1-2H3. The van der Waals surface area contributed by atoms with Gasteiger partial charge in [-0.15, -0.1) is 0 Å². The predicted octanol–water partition coefficient (Wildman–Crippen LogP) is 2.82. The van der Waals surface area contributed by atoms with Crippen molar-refractivity contribution in [3.05, 3.63) is 29.3 Å². The van der Waals surface area contributed by atoms with Crippen LogP contribution in [0.15, 0.2) is 18.2 Å². The third-order valence-corrected chi connectivity index (χ3v) is 4.62. The van der Waals surface area contributed by atoms with Crippen LogP contribution >= 0.6 is 0 Å². The fourth-order valence-electron chi connectivity index (χ4n) is 3.01. The zero-order valence-corrected chi connectivity index (χ0v) is 13.1. The van der Waals surface area contributed by atoms with Crippen LogP contribution in [0.5, 0.6) is 5.75 Å². The molecule has 0 aliphatic heterocycles. The minimum Gasteiger partial charge on any atom is -0.491 e. The van der Waals surface area contributed by atoms with Crippen molar-refractivity contribution in [3.63, 3.8) is 0 Å². The molecule has 0 heterocycles. The van der Waals surface area contributed by atoms with Gasteiger partial charge in [0.05, 0.1) is 0 Å². The lowest BCUT2D eigenvalue weighted by atomic mass is 10.1. The molecule has 1 aromatic carbocycles. The van der Waals surface area contributed by atoms with Crippen molar-refractivity contribution in [2.24, 2.45) is 11.8 Å². The fourth-order valence-corrected chi connectivity index (χ4v) is 3.01. The molecule has 0 amide bonds.